The molecule has 4 aromatic carbocycles. The number of benzene rings is 4. The van der Waals surface area contributed by atoms with Crippen LogP contribution < -0.4 is 5.32 Å². The number of anilines is 1. The van der Waals surface area contributed by atoms with Gasteiger partial charge in [-0.1, -0.05) is 133 Å². The maximum Gasteiger partial charge on any atom is 0.237 e. The predicted octanol–water partition coefficient (Wildman–Crippen LogP) is 8.34. The highest BCUT2D eigenvalue weighted by molar-refractivity contribution is 7.99. The molecule has 0 aliphatic heterocycles. The average molecular weight is 565 g/mol. The van der Waals surface area contributed by atoms with Crippen molar-refractivity contribution in [3.63, 3.8) is 0 Å². The van der Waals surface area contributed by atoms with Gasteiger partial charge in [0, 0.05) is 22.3 Å². The van der Waals surface area contributed by atoms with E-state index in [0.717, 1.165) is 33.6 Å². The Morgan fingerprint density at radius 3 is 1.69 bits per heavy atom. The third kappa shape index (κ3) is 5.85. The molecule has 0 saturated carbocycles. The molecule has 6 aromatic rings. The van der Waals surface area contributed by atoms with Crippen molar-refractivity contribution in [3.8, 4) is 51.0 Å². The van der Waals surface area contributed by atoms with Crippen LogP contribution in [-0.2, 0) is 4.79 Å². The maximum absolute atomic E-state index is 13.2. The summed E-state index contributed by atoms with van der Waals surface area (Å²) in [5.41, 5.74) is 5.99. The molecule has 0 fully saturated rings. The SMILES string of the molecule is N#Cc1c(NC(=O)CSc2nc(-c3ccccc3)cc(-c3ccccc3)n2)oc(-c2ccccc2)c1-c1ccccc1. The molecule has 42 heavy (non-hydrogen) atoms. The summed E-state index contributed by atoms with van der Waals surface area (Å²) in [5.74, 6) is 0.330. The van der Waals surface area contributed by atoms with E-state index in [1.165, 1.54) is 11.8 Å². The van der Waals surface area contributed by atoms with Gasteiger partial charge < -0.3 is 4.42 Å². The van der Waals surface area contributed by atoms with Crippen LogP contribution in [-0.4, -0.2) is 21.6 Å². The van der Waals surface area contributed by atoms with Crippen LogP contribution in [0.4, 0.5) is 5.88 Å². The molecule has 0 atom stereocenters. The van der Waals surface area contributed by atoms with Crippen molar-refractivity contribution in [2.45, 2.75) is 5.16 Å². The molecule has 6 nitrogen and oxygen atoms in total. The third-order valence-electron chi connectivity index (χ3n) is 6.55. The zero-order valence-corrected chi connectivity index (χ0v) is 23.2. The normalized spacial score (nSPS) is 10.6. The van der Waals surface area contributed by atoms with Gasteiger partial charge in [-0.25, -0.2) is 9.97 Å². The number of thioether (sulfide) groups is 1. The van der Waals surface area contributed by atoms with E-state index in [2.05, 4.69) is 11.4 Å². The van der Waals surface area contributed by atoms with Crippen molar-refractivity contribution in [2.24, 2.45) is 0 Å². The number of rotatable bonds is 8. The first-order chi connectivity index (χ1) is 20.7. The highest BCUT2D eigenvalue weighted by Gasteiger charge is 2.24. The maximum atomic E-state index is 13.2. The zero-order chi connectivity index (χ0) is 28.7. The number of nitrogens with zero attached hydrogens (tertiary/aromatic N) is 3. The molecule has 0 bridgehead atoms. The quantitative estimate of drug-likeness (QED) is 0.148. The molecular weight excluding hydrogens is 540 g/mol. The van der Waals surface area contributed by atoms with Crippen molar-refractivity contribution in [1.82, 2.24) is 9.97 Å². The van der Waals surface area contributed by atoms with Crippen molar-refractivity contribution in [3.05, 3.63) is 133 Å². The van der Waals surface area contributed by atoms with E-state index in [1.807, 2.05) is 127 Å². The van der Waals surface area contributed by atoms with Gasteiger partial charge in [-0.2, -0.15) is 5.26 Å². The zero-order valence-electron chi connectivity index (χ0n) is 22.4. The highest BCUT2D eigenvalue weighted by atomic mass is 32.2. The number of nitriles is 1. The summed E-state index contributed by atoms with van der Waals surface area (Å²) < 4.78 is 6.16. The topological polar surface area (TPSA) is 91.8 Å². The number of furan rings is 1. The van der Waals surface area contributed by atoms with Gasteiger partial charge in [0.05, 0.1) is 17.1 Å². The Kier molecular flexibility index (Phi) is 7.89. The number of nitrogens with one attached hydrogen (secondary N) is 1. The Morgan fingerprint density at radius 2 is 1.19 bits per heavy atom. The van der Waals surface area contributed by atoms with Crippen LogP contribution in [0.3, 0.4) is 0 Å². The molecule has 6 rings (SSSR count). The first-order valence-corrected chi connectivity index (χ1v) is 14.3. The van der Waals surface area contributed by atoms with E-state index < -0.39 is 0 Å². The number of carbonyl (C=O) groups excluding carboxylic acids is 1. The van der Waals surface area contributed by atoms with Crippen molar-refractivity contribution in [1.29, 1.82) is 5.26 Å². The van der Waals surface area contributed by atoms with Crippen LogP contribution >= 0.6 is 11.8 Å². The fraction of sp³-hybridized carbons (Fsp3) is 0.0286. The van der Waals surface area contributed by atoms with Gasteiger partial charge in [0.2, 0.25) is 11.8 Å². The molecular formula is C35H24N4O2S. The second kappa shape index (κ2) is 12.4. The van der Waals surface area contributed by atoms with E-state index in [1.54, 1.807) is 0 Å². The molecule has 1 amide bonds. The summed E-state index contributed by atoms with van der Waals surface area (Å²) in [7, 11) is 0. The molecule has 0 spiro atoms. The molecule has 2 aromatic heterocycles. The largest absolute Gasteiger partial charge is 0.438 e. The Bertz CT molecular complexity index is 1810. The van der Waals surface area contributed by atoms with Crippen LogP contribution in [0.25, 0.3) is 45.0 Å². The van der Waals surface area contributed by atoms with Crippen LogP contribution in [0.15, 0.2) is 137 Å². The molecule has 0 aliphatic carbocycles. The van der Waals surface area contributed by atoms with Crippen LogP contribution in [0.2, 0.25) is 0 Å². The Balaban J connectivity index is 1.29. The fourth-order valence-electron chi connectivity index (χ4n) is 4.60. The Morgan fingerprint density at radius 1 is 0.714 bits per heavy atom. The standard InChI is InChI=1S/C35H24N4O2S/c36-22-28-32(26-17-9-3-10-18-26)33(27-19-11-4-12-20-27)41-34(28)39-31(40)23-42-35-37-29(24-13-5-1-6-14-24)21-30(38-35)25-15-7-2-8-16-25/h1-21H,23H2,(H,39,40). The molecule has 0 aliphatic rings. The summed E-state index contributed by atoms with van der Waals surface area (Å²) in [6, 6.07) is 43.0. The minimum atomic E-state index is -0.334. The predicted molar refractivity (Wildman–Crippen MR) is 167 cm³/mol. The van der Waals surface area contributed by atoms with Crippen LogP contribution in [0, 0.1) is 11.3 Å². The average Bonchev–Trinajstić information content (AvgIpc) is 3.43. The molecule has 7 heteroatoms. The minimum absolute atomic E-state index is 0.0272. The first kappa shape index (κ1) is 26.8. The lowest BCUT2D eigenvalue weighted by Gasteiger charge is -2.09. The summed E-state index contributed by atoms with van der Waals surface area (Å²) in [6.45, 7) is 0. The number of aromatic nitrogens is 2. The monoisotopic (exact) mass is 564 g/mol. The highest BCUT2D eigenvalue weighted by Crippen LogP contribution is 2.41. The summed E-state index contributed by atoms with van der Waals surface area (Å²) in [6.07, 6.45) is 0. The van der Waals surface area contributed by atoms with E-state index in [0.29, 0.717) is 16.5 Å². The Hall–Kier alpha value is -5.45. The van der Waals surface area contributed by atoms with E-state index >= 15 is 0 Å². The van der Waals surface area contributed by atoms with Gasteiger partial charge in [-0.3, -0.25) is 10.1 Å². The van der Waals surface area contributed by atoms with E-state index in [-0.39, 0.29) is 23.1 Å². The lowest BCUT2D eigenvalue weighted by atomic mass is 9.98. The smallest absolute Gasteiger partial charge is 0.237 e. The number of amides is 1. The number of hydrogen-bond acceptors (Lipinski definition) is 6. The fourth-order valence-corrected chi connectivity index (χ4v) is 5.25. The van der Waals surface area contributed by atoms with Gasteiger partial charge >= 0.3 is 0 Å². The van der Waals surface area contributed by atoms with Crippen LogP contribution in [0.5, 0.6) is 0 Å². The van der Waals surface area contributed by atoms with Gasteiger partial charge in [-0.05, 0) is 11.6 Å². The summed E-state index contributed by atoms with van der Waals surface area (Å²) in [4.78, 5) is 22.7. The van der Waals surface area contributed by atoms with Crippen molar-refractivity contribution < 1.29 is 9.21 Å². The molecule has 0 saturated heterocycles. The molecule has 0 radical (unpaired) electrons. The van der Waals surface area contributed by atoms with Crippen molar-refractivity contribution in [2.75, 3.05) is 11.1 Å². The van der Waals surface area contributed by atoms with Gasteiger partial charge in [0.1, 0.15) is 17.4 Å². The third-order valence-corrected chi connectivity index (χ3v) is 7.40. The van der Waals surface area contributed by atoms with Crippen molar-refractivity contribution >= 4 is 23.6 Å². The lowest BCUT2D eigenvalue weighted by Crippen LogP contribution is -2.14. The first-order valence-electron chi connectivity index (χ1n) is 13.3. The second-order valence-electron chi connectivity index (χ2n) is 9.34. The van der Waals surface area contributed by atoms with Gasteiger partial charge in [0.25, 0.3) is 0 Å². The lowest BCUT2D eigenvalue weighted by molar-refractivity contribution is -0.113. The van der Waals surface area contributed by atoms with E-state index in [9.17, 15) is 10.1 Å². The molecule has 202 valence electrons. The molecule has 2 heterocycles. The molecule has 1 N–H and O–H groups in total. The molecule has 0 unspecified atom stereocenters. The number of hydrogen-bond donors (Lipinski definition) is 1. The van der Waals surface area contributed by atoms with Gasteiger partial charge in [-0.15, -0.1) is 0 Å². The van der Waals surface area contributed by atoms with Crippen LogP contribution in [0.1, 0.15) is 5.56 Å². The second-order valence-corrected chi connectivity index (χ2v) is 10.3. The minimum Gasteiger partial charge on any atom is -0.438 e. The summed E-state index contributed by atoms with van der Waals surface area (Å²) >= 11 is 1.22. The Labute approximate surface area is 247 Å². The summed E-state index contributed by atoms with van der Waals surface area (Å²) in [5, 5.41) is 13.4. The van der Waals surface area contributed by atoms with E-state index in [4.69, 9.17) is 14.4 Å². The van der Waals surface area contributed by atoms with Gasteiger partial charge in [0.15, 0.2) is 5.16 Å². The number of carbonyl (C=O) groups is 1.